The molecule has 3 amide bonds. The van der Waals surface area contributed by atoms with Gasteiger partial charge in [-0.05, 0) is 48.4 Å². The minimum Gasteiger partial charge on any atom is -0.497 e. The number of rotatable bonds is 12. The maximum absolute atomic E-state index is 12.7. The van der Waals surface area contributed by atoms with E-state index < -0.39 is 28.0 Å². The Kier molecular flexibility index (Phi) is 11.2. The van der Waals surface area contributed by atoms with Gasteiger partial charge in [0.15, 0.2) is 0 Å². The van der Waals surface area contributed by atoms with Gasteiger partial charge in [0, 0.05) is 25.7 Å². The van der Waals surface area contributed by atoms with Crippen molar-refractivity contribution in [3.05, 3.63) is 82.5 Å². The molecule has 42 heavy (non-hydrogen) atoms. The van der Waals surface area contributed by atoms with E-state index in [-0.39, 0.29) is 52.5 Å². The molecule has 3 aromatic rings. The van der Waals surface area contributed by atoms with E-state index in [2.05, 4.69) is 20.4 Å². The summed E-state index contributed by atoms with van der Waals surface area (Å²) in [7, 11) is -2.73. The Morgan fingerprint density at radius 3 is 2.31 bits per heavy atom. The number of benzene rings is 2. The average molecular weight is 619 g/mol. The highest BCUT2D eigenvalue weighted by Crippen LogP contribution is 2.22. The molecule has 2 aromatic carbocycles. The van der Waals surface area contributed by atoms with E-state index in [1.54, 1.807) is 24.3 Å². The van der Waals surface area contributed by atoms with E-state index in [9.17, 15) is 27.6 Å². The molecule has 0 atom stereocenters. The maximum Gasteiger partial charge on any atom is 0.414 e. The molecule has 15 heteroatoms. The van der Waals surface area contributed by atoms with Crippen LogP contribution in [0.3, 0.4) is 0 Å². The largest absolute Gasteiger partial charge is 0.497 e. The summed E-state index contributed by atoms with van der Waals surface area (Å²) in [5.74, 6) is -1.46. The Morgan fingerprint density at radius 1 is 0.929 bits per heavy atom. The van der Waals surface area contributed by atoms with Crippen molar-refractivity contribution >= 4 is 45.5 Å². The molecule has 0 aliphatic heterocycles. The normalized spacial score (nSPS) is 10.7. The van der Waals surface area contributed by atoms with Crippen molar-refractivity contribution in [2.45, 2.75) is 18.2 Å². The van der Waals surface area contributed by atoms with Gasteiger partial charge in [-0.25, -0.2) is 22.9 Å². The van der Waals surface area contributed by atoms with Crippen molar-refractivity contribution in [1.29, 1.82) is 0 Å². The van der Waals surface area contributed by atoms with Gasteiger partial charge in [-0.2, -0.15) is 0 Å². The predicted octanol–water partition coefficient (Wildman–Crippen LogP) is 2.49. The van der Waals surface area contributed by atoms with Crippen LogP contribution in [-0.4, -0.2) is 64.1 Å². The first-order chi connectivity index (χ1) is 20.0. The fraction of sp³-hybridized carbons (Fsp3) is 0.222. The zero-order valence-electron chi connectivity index (χ0n) is 22.5. The second-order valence-corrected chi connectivity index (χ2v) is 10.6. The lowest BCUT2D eigenvalue weighted by molar-refractivity contribution is -0.140. The first kappa shape index (κ1) is 31.8. The Hall–Kier alpha value is -4.69. The van der Waals surface area contributed by atoms with Crippen LogP contribution in [0.1, 0.15) is 33.2 Å². The van der Waals surface area contributed by atoms with Gasteiger partial charge in [0.1, 0.15) is 12.4 Å². The molecule has 3 N–H and O–H groups in total. The first-order valence-corrected chi connectivity index (χ1v) is 14.2. The molecular weight excluding hydrogens is 592 g/mol. The summed E-state index contributed by atoms with van der Waals surface area (Å²) in [6, 6.07) is 13.0. The number of hydrogen-bond acceptors (Lipinski definition) is 10. The molecule has 0 aliphatic rings. The van der Waals surface area contributed by atoms with E-state index in [1.807, 2.05) is 4.72 Å². The number of hydrogen-bond donors (Lipinski definition) is 3. The van der Waals surface area contributed by atoms with Gasteiger partial charge in [-0.3, -0.25) is 14.4 Å². The summed E-state index contributed by atoms with van der Waals surface area (Å²) in [5, 5.41) is 5.37. The smallest absolute Gasteiger partial charge is 0.414 e. The van der Waals surface area contributed by atoms with Gasteiger partial charge in [0.25, 0.3) is 21.8 Å². The lowest BCUT2D eigenvalue weighted by Gasteiger charge is -2.10. The van der Waals surface area contributed by atoms with Gasteiger partial charge in [-0.1, -0.05) is 23.7 Å². The third-order valence-electron chi connectivity index (χ3n) is 5.45. The number of methoxy groups -OCH3 is 1. The van der Waals surface area contributed by atoms with Crippen molar-refractivity contribution < 1.29 is 41.8 Å². The monoisotopic (exact) mass is 618 g/mol. The predicted molar refractivity (Wildman–Crippen MR) is 150 cm³/mol. The van der Waals surface area contributed by atoms with Crippen LogP contribution in [-0.2, 0) is 26.0 Å². The average Bonchev–Trinajstić information content (AvgIpc) is 2.96. The van der Waals surface area contributed by atoms with Gasteiger partial charge < -0.3 is 24.8 Å². The van der Waals surface area contributed by atoms with E-state index in [0.29, 0.717) is 12.2 Å². The highest BCUT2D eigenvalue weighted by Gasteiger charge is 2.19. The number of pyridine rings is 1. The SMILES string of the molecule is COc1ccc(Cl)c(C(=O)NCCc2ccc(S(=O)(=O)NC(=O)c3ccc(OC(=O)NCCOC(C)=O)nc3)cc2)c1. The summed E-state index contributed by atoms with van der Waals surface area (Å²) in [4.78, 5) is 51.0. The second kappa shape index (κ2) is 14.8. The van der Waals surface area contributed by atoms with Crippen molar-refractivity contribution in [3.8, 4) is 11.6 Å². The number of nitrogens with one attached hydrogen (secondary N) is 3. The Morgan fingerprint density at radius 2 is 1.67 bits per heavy atom. The highest BCUT2D eigenvalue weighted by molar-refractivity contribution is 7.90. The lowest BCUT2D eigenvalue weighted by Crippen LogP contribution is -2.31. The first-order valence-electron chi connectivity index (χ1n) is 12.3. The molecule has 13 nitrogen and oxygen atoms in total. The fourth-order valence-corrected chi connectivity index (χ4v) is 4.53. The topological polar surface area (TPSA) is 179 Å². The van der Waals surface area contributed by atoms with Crippen LogP contribution < -0.4 is 24.8 Å². The van der Waals surface area contributed by atoms with E-state index in [0.717, 1.165) is 11.8 Å². The van der Waals surface area contributed by atoms with Crippen LogP contribution in [0.5, 0.6) is 11.6 Å². The van der Waals surface area contributed by atoms with Crippen molar-refractivity contribution in [1.82, 2.24) is 20.3 Å². The number of ether oxygens (including phenoxy) is 3. The van der Waals surface area contributed by atoms with Crippen molar-refractivity contribution in [2.75, 3.05) is 26.8 Å². The molecule has 0 saturated heterocycles. The van der Waals surface area contributed by atoms with Crippen LogP contribution >= 0.6 is 11.6 Å². The molecular formula is C27H27ClN4O9S. The summed E-state index contributed by atoms with van der Waals surface area (Å²) >= 11 is 6.09. The number of halogens is 1. The summed E-state index contributed by atoms with van der Waals surface area (Å²) in [5.41, 5.74) is 0.918. The van der Waals surface area contributed by atoms with E-state index >= 15 is 0 Å². The highest BCUT2D eigenvalue weighted by atomic mass is 35.5. The lowest BCUT2D eigenvalue weighted by atomic mass is 10.1. The molecule has 222 valence electrons. The molecule has 0 bridgehead atoms. The minimum atomic E-state index is -4.21. The van der Waals surface area contributed by atoms with Crippen LogP contribution in [0.2, 0.25) is 5.02 Å². The molecule has 0 fully saturated rings. The summed E-state index contributed by atoms with van der Waals surface area (Å²) in [6.45, 7) is 1.48. The Labute approximate surface area is 246 Å². The van der Waals surface area contributed by atoms with Crippen LogP contribution in [0.15, 0.2) is 65.7 Å². The molecule has 3 rings (SSSR count). The number of esters is 1. The Bertz CT molecular complexity index is 1550. The zero-order chi connectivity index (χ0) is 30.7. The molecule has 0 aliphatic carbocycles. The molecule has 1 aromatic heterocycles. The third kappa shape index (κ3) is 9.45. The minimum absolute atomic E-state index is 0.0217. The van der Waals surface area contributed by atoms with Crippen LogP contribution in [0, 0.1) is 0 Å². The van der Waals surface area contributed by atoms with Gasteiger partial charge in [0.05, 0.1) is 34.7 Å². The van der Waals surface area contributed by atoms with E-state index in [4.69, 9.17) is 21.1 Å². The number of carbonyl (C=O) groups excluding carboxylic acids is 4. The molecule has 0 unspecified atom stereocenters. The van der Waals surface area contributed by atoms with Crippen molar-refractivity contribution in [3.63, 3.8) is 0 Å². The zero-order valence-corrected chi connectivity index (χ0v) is 24.1. The fourth-order valence-electron chi connectivity index (χ4n) is 3.35. The number of sulfonamides is 1. The number of nitrogens with zero attached hydrogens (tertiary/aromatic N) is 1. The second-order valence-electron chi connectivity index (χ2n) is 8.47. The third-order valence-corrected chi connectivity index (χ3v) is 7.13. The van der Waals surface area contributed by atoms with Crippen LogP contribution in [0.25, 0.3) is 0 Å². The molecule has 0 radical (unpaired) electrons. The van der Waals surface area contributed by atoms with Crippen LogP contribution in [0.4, 0.5) is 4.79 Å². The van der Waals surface area contributed by atoms with E-state index in [1.165, 1.54) is 44.4 Å². The Balaban J connectivity index is 1.49. The number of carbonyl (C=O) groups is 4. The van der Waals surface area contributed by atoms with Gasteiger partial charge >= 0.3 is 12.1 Å². The quantitative estimate of drug-likeness (QED) is 0.202. The molecule has 0 saturated carbocycles. The summed E-state index contributed by atoms with van der Waals surface area (Å²) in [6.07, 6.45) is 0.591. The standard InChI is InChI=1S/C27H27ClN4O9S/c1-17(33)40-14-13-30-27(36)41-24-10-5-19(16-31-24)25(34)32-42(37,38)21-7-3-18(4-8-21)11-12-29-26(35)22-15-20(39-2)6-9-23(22)28/h3-10,15-16H,11-14H2,1-2H3,(H,29,35)(H,30,36)(H,32,34). The number of aromatic nitrogens is 1. The maximum atomic E-state index is 12.7. The molecule has 1 heterocycles. The number of amides is 3. The van der Waals surface area contributed by atoms with Crippen molar-refractivity contribution in [2.24, 2.45) is 0 Å². The molecule has 0 spiro atoms. The van der Waals surface area contributed by atoms with Gasteiger partial charge in [0.2, 0.25) is 5.88 Å². The summed E-state index contributed by atoms with van der Waals surface area (Å²) < 4.78 is 42.1. The van der Waals surface area contributed by atoms with Gasteiger partial charge in [-0.15, -0.1) is 0 Å².